The number of H-pyrrole nitrogens is 1. The van der Waals surface area contributed by atoms with Gasteiger partial charge in [0, 0.05) is 29.9 Å². The summed E-state index contributed by atoms with van der Waals surface area (Å²) in [5.41, 5.74) is 1.33. The largest absolute Gasteiger partial charge is 0.465 e. The van der Waals surface area contributed by atoms with Gasteiger partial charge in [-0.3, -0.25) is 4.90 Å². The van der Waals surface area contributed by atoms with Gasteiger partial charge in [0.15, 0.2) is 0 Å². The van der Waals surface area contributed by atoms with Gasteiger partial charge in [-0.05, 0) is 44.8 Å². The molecule has 0 saturated carbocycles. The van der Waals surface area contributed by atoms with E-state index in [-0.39, 0.29) is 11.3 Å². The van der Waals surface area contributed by atoms with Crippen molar-refractivity contribution in [3.8, 4) is 0 Å². The van der Waals surface area contributed by atoms with Crippen LogP contribution in [-0.4, -0.2) is 33.1 Å². The van der Waals surface area contributed by atoms with E-state index in [2.05, 4.69) is 48.6 Å². The average Bonchev–Trinajstić information content (AvgIpc) is 3.17. The van der Waals surface area contributed by atoms with Crippen molar-refractivity contribution in [3.05, 3.63) is 41.4 Å². The van der Waals surface area contributed by atoms with Gasteiger partial charge in [-0.25, -0.2) is 4.98 Å². The lowest BCUT2D eigenvalue weighted by atomic mass is 9.90. The van der Waals surface area contributed by atoms with Crippen LogP contribution in [0.25, 0.3) is 0 Å². The molecular weight excluding hydrogens is 302 g/mol. The highest BCUT2D eigenvalue weighted by Crippen LogP contribution is 2.31. The standard InChI is InChI=1S/C19H29N3O2/c1-13-15(11-16(24-13)19(2,3)4)12-22-9-5-14(6-10-22)17(23)18-20-7-8-21-18/h7-8,11,14,17,23H,5-6,9-10,12H2,1-4H3,(H,20,21). The molecule has 1 saturated heterocycles. The van der Waals surface area contributed by atoms with E-state index < -0.39 is 6.10 Å². The van der Waals surface area contributed by atoms with E-state index in [1.807, 2.05) is 0 Å². The van der Waals surface area contributed by atoms with E-state index in [1.54, 1.807) is 12.4 Å². The van der Waals surface area contributed by atoms with Crippen molar-refractivity contribution in [2.24, 2.45) is 5.92 Å². The number of aromatic nitrogens is 2. The third kappa shape index (κ3) is 3.73. The fraction of sp³-hybridized carbons (Fsp3) is 0.632. The summed E-state index contributed by atoms with van der Waals surface area (Å²) in [4.78, 5) is 9.66. The molecule has 2 N–H and O–H groups in total. The van der Waals surface area contributed by atoms with Crippen molar-refractivity contribution in [2.45, 2.75) is 58.6 Å². The number of nitrogens with one attached hydrogen (secondary N) is 1. The minimum atomic E-state index is -0.481. The molecule has 1 fully saturated rings. The van der Waals surface area contributed by atoms with Gasteiger partial charge in [0.25, 0.3) is 0 Å². The predicted molar refractivity (Wildman–Crippen MR) is 93.7 cm³/mol. The molecule has 132 valence electrons. The van der Waals surface area contributed by atoms with Crippen LogP contribution in [0.5, 0.6) is 0 Å². The number of aromatic amines is 1. The van der Waals surface area contributed by atoms with Crippen LogP contribution >= 0.6 is 0 Å². The van der Waals surface area contributed by atoms with Gasteiger partial charge < -0.3 is 14.5 Å². The number of piperidine rings is 1. The molecule has 2 aromatic heterocycles. The number of hydrogen-bond acceptors (Lipinski definition) is 4. The van der Waals surface area contributed by atoms with Crippen molar-refractivity contribution in [1.82, 2.24) is 14.9 Å². The van der Waals surface area contributed by atoms with Crippen molar-refractivity contribution in [3.63, 3.8) is 0 Å². The van der Waals surface area contributed by atoms with Crippen molar-refractivity contribution < 1.29 is 9.52 Å². The minimum Gasteiger partial charge on any atom is -0.465 e. The smallest absolute Gasteiger partial charge is 0.135 e. The molecule has 1 aliphatic rings. The number of furan rings is 1. The van der Waals surface area contributed by atoms with E-state index in [9.17, 15) is 5.11 Å². The van der Waals surface area contributed by atoms with Crippen LogP contribution in [0.3, 0.4) is 0 Å². The highest BCUT2D eigenvalue weighted by atomic mass is 16.3. The number of aliphatic hydroxyl groups excluding tert-OH is 1. The summed E-state index contributed by atoms with van der Waals surface area (Å²) in [5, 5.41) is 10.4. The van der Waals surface area contributed by atoms with Gasteiger partial charge in [0.05, 0.1) is 0 Å². The number of likely N-dealkylation sites (tertiary alicyclic amines) is 1. The molecule has 3 rings (SSSR count). The summed E-state index contributed by atoms with van der Waals surface area (Å²) in [7, 11) is 0. The Balaban J connectivity index is 1.57. The molecule has 3 heterocycles. The van der Waals surface area contributed by atoms with Crippen molar-refractivity contribution >= 4 is 0 Å². The molecule has 0 spiro atoms. The van der Waals surface area contributed by atoms with E-state index in [1.165, 1.54) is 5.56 Å². The predicted octanol–water partition coefficient (Wildman–Crippen LogP) is 3.55. The van der Waals surface area contributed by atoms with Gasteiger partial charge in [0.2, 0.25) is 0 Å². The number of aryl methyl sites for hydroxylation is 1. The molecule has 5 nitrogen and oxygen atoms in total. The fourth-order valence-electron chi connectivity index (χ4n) is 3.38. The van der Waals surface area contributed by atoms with Crippen LogP contribution < -0.4 is 0 Å². The Kier molecular flexibility index (Phi) is 4.83. The monoisotopic (exact) mass is 331 g/mol. The molecule has 1 unspecified atom stereocenters. The maximum Gasteiger partial charge on any atom is 0.135 e. The zero-order valence-electron chi connectivity index (χ0n) is 15.2. The topological polar surface area (TPSA) is 65.3 Å². The first-order valence-electron chi connectivity index (χ1n) is 8.84. The second-order valence-electron chi connectivity index (χ2n) is 7.97. The summed E-state index contributed by atoms with van der Waals surface area (Å²) in [5.74, 6) is 3.05. The summed E-state index contributed by atoms with van der Waals surface area (Å²) >= 11 is 0. The van der Waals surface area contributed by atoms with Gasteiger partial charge in [0.1, 0.15) is 23.4 Å². The van der Waals surface area contributed by atoms with Crippen molar-refractivity contribution in [2.75, 3.05) is 13.1 Å². The highest BCUT2D eigenvalue weighted by molar-refractivity contribution is 5.24. The van der Waals surface area contributed by atoms with Crippen LogP contribution in [0.2, 0.25) is 0 Å². The second kappa shape index (κ2) is 6.73. The number of rotatable bonds is 4. The summed E-state index contributed by atoms with van der Waals surface area (Å²) in [6.07, 6.45) is 4.96. The summed E-state index contributed by atoms with van der Waals surface area (Å²) < 4.78 is 5.95. The number of aliphatic hydroxyl groups is 1. The van der Waals surface area contributed by atoms with E-state index in [0.29, 0.717) is 5.82 Å². The average molecular weight is 331 g/mol. The molecule has 24 heavy (non-hydrogen) atoms. The zero-order valence-corrected chi connectivity index (χ0v) is 15.2. The van der Waals surface area contributed by atoms with Crippen molar-refractivity contribution in [1.29, 1.82) is 0 Å². The molecule has 0 aliphatic carbocycles. The highest BCUT2D eigenvalue weighted by Gasteiger charge is 2.28. The molecule has 2 aromatic rings. The first-order valence-corrected chi connectivity index (χ1v) is 8.84. The minimum absolute atomic E-state index is 0.0448. The van der Waals surface area contributed by atoms with Gasteiger partial charge in [-0.1, -0.05) is 20.8 Å². The SMILES string of the molecule is Cc1oc(C(C)(C)C)cc1CN1CCC(C(O)c2ncc[nH]2)CC1. The van der Waals surface area contributed by atoms with Crippen LogP contribution in [0.4, 0.5) is 0 Å². The molecular formula is C19H29N3O2. The Morgan fingerprint density at radius 2 is 2.08 bits per heavy atom. The lowest BCUT2D eigenvalue weighted by Crippen LogP contribution is -2.35. The number of hydrogen-bond donors (Lipinski definition) is 2. The third-order valence-electron chi connectivity index (χ3n) is 5.03. The Morgan fingerprint density at radius 3 is 2.62 bits per heavy atom. The van der Waals surface area contributed by atoms with Crippen LogP contribution in [-0.2, 0) is 12.0 Å². The Labute approximate surface area is 144 Å². The summed E-state index contributed by atoms with van der Waals surface area (Å²) in [6.45, 7) is 11.5. The first kappa shape index (κ1) is 17.2. The molecule has 1 atom stereocenters. The summed E-state index contributed by atoms with van der Waals surface area (Å²) in [6, 6.07) is 2.21. The van der Waals surface area contributed by atoms with Crippen LogP contribution in [0.1, 0.15) is 62.6 Å². The normalized spacial score (nSPS) is 18.9. The molecule has 0 bridgehead atoms. The Hall–Kier alpha value is -1.59. The van der Waals surface area contributed by atoms with E-state index in [0.717, 1.165) is 44.0 Å². The fourth-order valence-corrected chi connectivity index (χ4v) is 3.38. The molecule has 1 aliphatic heterocycles. The Morgan fingerprint density at radius 1 is 1.38 bits per heavy atom. The maximum atomic E-state index is 10.4. The first-order chi connectivity index (χ1) is 11.3. The molecule has 0 aromatic carbocycles. The van der Waals surface area contributed by atoms with E-state index in [4.69, 9.17) is 4.42 Å². The van der Waals surface area contributed by atoms with Gasteiger partial charge in [-0.15, -0.1) is 0 Å². The van der Waals surface area contributed by atoms with Gasteiger partial charge in [-0.2, -0.15) is 0 Å². The second-order valence-corrected chi connectivity index (χ2v) is 7.97. The van der Waals surface area contributed by atoms with Crippen LogP contribution in [0, 0.1) is 12.8 Å². The van der Waals surface area contributed by atoms with E-state index >= 15 is 0 Å². The molecule has 5 heteroatoms. The third-order valence-corrected chi connectivity index (χ3v) is 5.03. The molecule has 0 amide bonds. The lowest BCUT2D eigenvalue weighted by molar-refractivity contribution is 0.0514. The quantitative estimate of drug-likeness (QED) is 0.899. The Bertz CT molecular complexity index is 647. The molecule has 0 radical (unpaired) electrons. The number of imidazole rings is 1. The number of nitrogens with zero attached hydrogens (tertiary/aromatic N) is 2. The van der Waals surface area contributed by atoms with Gasteiger partial charge >= 0.3 is 0 Å². The lowest BCUT2D eigenvalue weighted by Gasteiger charge is -2.33. The zero-order chi connectivity index (χ0) is 17.3. The van der Waals surface area contributed by atoms with Crippen LogP contribution in [0.15, 0.2) is 22.9 Å². The maximum absolute atomic E-state index is 10.4.